The summed E-state index contributed by atoms with van der Waals surface area (Å²) in [6.07, 6.45) is 3.66. The van der Waals surface area contributed by atoms with Crippen LogP contribution in [0.4, 0.5) is 5.82 Å². The van der Waals surface area contributed by atoms with Crippen LogP contribution in [0.25, 0.3) is 21.3 Å². The van der Waals surface area contributed by atoms with Crippen LogP contribution in [0.15, 0.2) is 60.2 Å². The third-order valence-corrected chi connectivity index (χ3v) is 5.41. The number of aromatic nitrogens is 3. The Morgan fingerprint density at radius 3 is 2.36 bits per heavy atom. The number of hydrogen-bond acceptors (Lipinski definition) is 6. The zero-order valence-electron chi connectivity index (χ0n) is 16.3. The van der Waals surface area contributed by atoms with Gasteiger partial charge in [0.25, 0.3) is 0 Å². The summed E-state index contributed by atoms with van der Waals surface area (Å²) in [4.78, 5) is 19.3. The monoisotopic (exact) mass is 389 g/mol. The van der Waals surface area contributed by atoms with Gasteiger partial charge in [-0.25, -0.2) is 9.97 Å². The Hall–Kier alpha value is -2.83. The van der Waals surface area contributed by atoms with Gasteiger partial charge in [-0.3, -0.25) is 4.98 Å². The van der Waals surface area contributed by atoms with E-state index in [4.69, 9.17) is 9.97 Å². The Morgan fingerprint density at radius 2 is 1.64 bits per heavy atom. The molecule has 0 aliphatic heterocycles. The summed E-state index contributed by atoms with van der Waals surface area (Å²) < 4.78 is 0. The van der Waals surface area contributed by atoms with Crippen molar-refractivity contribution in [3.8, 4) is 11.1 Å². The smallest absolute Gasteiger partial charge is 0.146 e. The van der Waals surface area contributed by atoms with E-state index in [1.807, 2.05) is 44.7 Å². The van der Waals surface area contributed by atoms with Gasteiger partial charge in [-0.2, -0.15) is 0 Å². The van der Waals surface area contributed by atoms with Crippen molar-refractivity contribution in [1.29, 1.82) is 0 Å². The second kappa shape index (κ2) is 8.04. The molecule has 1 aromatic carbocycles. The molecule has 4 aromatic rings. The van der Waals surface area contributed by atoms with Gasteiger partial charge in [-0.1, -0.05) is 30.3 Å². The maximum absolute atomic E-state index is 4.96. The van der Waals surface area contributed by atoms with Crippen LogP contribution < -0.4 is 4.90 Å². The molecule has 0 aliphatic carbocycles. The van der Waals surface area contributed by atoms with E-state index in [9.17, 15) is 0 Å². The lowest BCUT2D eigenvalue weighted by atomic mass is 10.1. The molecule has 0 radical (unpaired) electrons. The normalized spacial score (nSPS) is 11.3. The van der Waals surface area contributed by atoms with Gasteiger partial charge < -0.3 is 9.80 Å². The maximum Gasteiger partial charge on any atom is 0.146 e. The fourth-order valence-corrected chi connectivity index (χ4v) is 4.22. The first-order valence-electron chi connectivity index (χ1n) is 9.20. The number of benzene rings is 1. The van der Waals surface area contributed by atoms with Crippen molar-refractivity contribution in [3.05, 3.63) is 71.6 Å². The number of fused-ring (bicyclic) bond motifs is 1. The second-order valence-electron chi connectivity index (χ2n) is 7.11. The number of pyridine rings is 1. The molecule has 0 bridgehead atoms. The summed E-state index contributed by atoms with van der Waals surface area (Å²) in [5.41, 5.74) is 3.58. The first-order valence-corrected chi connectivity index (χ1v) is 10.1. The fraction of sp³-hybridized carbons (Fsp3) is 0.227. The van der Waals surface area contributed by atoms with Crippen LogP contribution in [-0.2, 0) is 13.1 Å². The molecule has 0 N–H and O–H groups in total. The van der Waals surface area contributed by atoms with E-state index >= 15 is 0 Å². The van der Waals surface area contributed by atoms with Gasteiger partial charge in [0.1, 0.15) is 16.5 Å². The summed E-state index contributed by atoms with van der Waals surface area (Å²) >= 11 is 1.68. The first-order chi connectivity index (χ1) is 13.6. The second-order valence-corrected chi connectivity index (χ2v) is 7.97. The zero-order chi connectivity index (χ0) is 19.5. The van der Waals surface area contributed by atoms with Crippen LogP contribution in [0.1, 0.15) is 11.4 Å². The Bertz CT molecular complexity index is 1060. The maximum atomic E-state index is 4.96. The summed E-state index contributed by atoms with van der Waals surface area (Å²) in [6.45, 7) is 1.48. The lowest BCUT2D eigenvalue weighted by Crippen LogP contribution is -2.20. The summed E-state index contributed by atoms with van der Waals surface area (Å²) in [7, 11) is 6.17. The van der Waals surface area contributed by atoms with E-state index in [1.165, 1.54) is 16.7 Å². The molecule has 142 valence electrons. The third kappa shape index (κ3) is 3.88. The Labute approximate surface area is 169 Å². The van der Waals surface area contributed by atoms with E-state index in [-0.39, 0.29) is 0 Å². The predicted molar refractivity (Wildman–Crippen MR) is 117 cm³/mol. The highest BCUT2D eigenvalue weighted by molar-refractivity contribution is 7.17. The number of hydrogen-bond donors (Lipinski definition) is 0. The minimum absolute atomic E-state index is 0.713. The van der Waals surface area contributed by atoms with Gasteiger partial charge in [0.2, 0.25) is 0 Å². The average Bonchev–Trinajstić information content (AvgIpc) is 3.12. The highest BCUT2D eigenvalue weighted by Gasteiger charge is 2.18. The number of nitrogens with zero attached hydrogens (tertiary/aromatic N) is 5. The molecule has 0 unspecified atom stereocenters. The Balaban J connectivity index is 1.84. The molecule has 6 heteroatoms. The molecule has 0 amide bonds. The number of anilines is 1. The molecule has 28 heavy (non-hydrogen) atoms. The third-order valence-electron chi connectivity index (χ3n) is 4.53. The topological polar surface area (TPSA) is 45.2 Å². The molecule has 3 heterocycles. The van der Waals surface area contributed by atoms with Crippen molar-refractivity contribution in [2.24, 2.45) is 0 Å². The first kappa shape index (κ1) is 18.5. The molecule has 3 aromatic heterocycles. The molecule has 0 fully saturated rings. The Kier molecular flexibility index (Phi) is 5.32. The van der Waals surface area contributed by atoms with E-state index in [2.05, 4.69) is 51.5 Å². The SMILES string of the molecule is CN(C)Cc1nc(N(C)Cc2ccncc2)c2c(-c3ccccc3)csc2n1. The van der Waals surface area contributed by atoms with Crippen molar-refractivity contribution in [1.82, 2.24) is 19.9 Å². The minimum atomic E-state index is 0.713. The molecule has 0 aliphatic rings. The number of rotatable bonds is 6. The van der Waals surface area contributed by atoms with Crippen LogP contribution in [0.3, 0.4) is 0 Å². The van der Waals surface area contributed by atoms with Crippen LogP contribution >= 0.6 is 11.3 Å². The van der Waals surface area contributed by atoms with Crippen molar-refractivity contribution < 1.29 is 0 Å². The molecule has 0 saturated heterocycles. The predicted octanol–water partition coefficient (Wildman–Crippen LogP) is 4.45. The van der Waals surface area contributed by atoms with Gasteiger partial charge in [-0.05, 0) is 37.4 Å². The summed E-state index contributed by atoms with van der Waals surface area (Å²) in [5.74, 6) is 1.81. The van der Waals surface area contributed by atoms with Crippen molar-refractivity contribution in [3.63, 3.8) is 0 Å². The summed E-state index contributed by atoms with van der Waals surface area (Å²) in [6, 6.07) is 14.5. The van der Waals surface area contributed by atoms with E-state index in [0.29, 0.717) is 6.54 Å². The van der Waals surface area contributed by atoms with Gasteiger partial charge in [0.05, 0.1) is 11.9 Å². The van der Waals surface area contributed by atoms with Crippen LogP contribution in [0, 0.1) is 0 Å². The zero-order valence-corrected chi connectivity index (χ0v) is 17.1. The van der Waals surface area contributed by atoms with Gasteiger partial charge in [0, 0.05) is 36.9 Å². The lowest BCUT2D eigenvalue weighted by molar-refractivity contribution is 0.391. The van der Waals surface area contributed by atoms with Crippen molar-refractivity contribution in [2.75, 3.05) is 26.0 Å². The quantitative estimate of drug-likeness (QED) is 0.487. The summed E-state index contributed by atoms with van der Waals surface area (Å²) in [5, 5.41) is 3.31. The van der Waals surface area contributed by atoms with Crippen LogP contribution in [-0.4, -0.2) is 41.0 Å². The van der Waals surface area contributed by atoms with E-state index in [1.54, 1.807) is 11.3 Å². The van der Waals surface area contributed by atoms with Crippen molar-refractivity contribution in [2.45, 2.75) is 13.1 Å². The van der Waals surface area contributed by atoms with Crippen LogP contribution in [0.2, 0.25) is 0 Å². The minimum Gasteiger partial charge on any atom is -0.355 e. The highest BCUT2D eigenvalue weighted by atomic mass is 32.1. The largest absolute Gasteiger partial charge is 0.355 e. The molecule has 4 rings (SSSR count). The Morgan fingerprint density at radius 1 is 0.893 bits per heavy atom. The molecular formula is C22H23N5S. The van der Waals surface area contributed by atoms with E-state index in [0.717, 1.165) is 28.4 Å². The molecule has 0 saturated carbocycles. The molecule has 0 spiro atoms. The molecule has 5 nitrogen and oxygen atoms in total. The standard InChI is InChI=1S/C22H23N5S/c1-26(2)14-19-24-21(27(3)13-16-9-11-23-12-10-16)20-18(15-28-22(20)25-19)17-7-5-4-6-8-17/h4-12,15H,13-14H2,1-3H3. The molecule has 0 atom stereocenters. The average molecular weight is 390 g/mol. The molecular weight excluding hydrogens is 366 g/mol. The van der Waals surface area contributed by atoms with Gasteiger partial charge in [0.15, 0.2) is 0 Å². The lowest BCUT2D eigenvalue weighted by Gasteiger charge is -2.21. The van der Waals surface area contributed by atoms with Crippen LogP contribution in [0.5, 0.6) is 0 Å². The van der Waals surface area contributed by atoms with Crippen molar-refractivity contribution >= 4 is 27.4 Å². The highest BCUT2D eigenvalue weighted by Crippen LogP contribution is 2.38. The van der Waals surface area contributed by atoms with E-state index < -0.39 is 0 Å². The van der Waals surface area contributed by atoms with Gasteiger partial charge in [-0.15, -0.1) is 11.3 Å². The number of thiophene rings is 1. The fourth-order valence-electron chi connectivity index (χ4n) is 3.26. The van der Waals surface area contributed by atoms with Gasteiger partial charge >= 0.3 is 0 Å².